The maximum Gasteiger partial charge on any atom is 0.315 e. The van der Waals surface area contributed by atoms with Crippen LogP contribution in [0.3, 0.4) is 0 Å². The van der Waals surface area contributed by atoms with Crippen molar-refractivity contribution in [1.29, 1.82) is 0 Å². The van der Waals surface area contributed by atoms with E-state index in [4.69, 9.17) is 0 Å². The Labute approximate surface area is 159 Å². The Hall–Kier alpha value is -2.64. The van der Waals surface area contributed by atoms with Crippen molar-refractivity contribution in [3.8, 4) is 0 Å². The highest BCUT2D eigenvalue weighted by Gasteiger charge is 2.29. The predicted molar refractivity (Wildman–Crippen MR) is 102 cm³/mol. The van der Waals surface area contributed by atoms with Crippen LogP contribution >= 0.6 is 0 Å². The third-order valence-corrected chi connectivity index (χ3v) is 5.62. The number of rotatable bonds is 4. The summed E-state index contributed by atoms with van der Waals surface area (Å²) in [6, 6.07) is 6.35. The molecular weight excluding hydrogens is 342 g/mol. The fraction of sp³-hybridized carbons (Fsp3) is 0.579. The first kappa shape index (κ1) is 17.8. The van der Waals surface area contributed by atoms with Crippen LogP contribution in [-0.4, -0.2) is 51.2 Å². The third kappa shape index (κ3) is 4.37. The number of hydrogen-bond acceptors (Lipinski definition) is 5. The maximum atomic E-state index is 12.6. The molecule has 27 heavy (non-hydrogen) atoms. The Morgan fingerprint density at radius 2 is 1.89 bits per heavy atom. The zero-order valence-electron chi connectivity index (χ0n) is 15.5. The van der Waals surface area contributed by atoms with Gasteiger partial charge < -0.3 is 15.5 Å². The zero-order valence-corrected chi connectivity index (χ0v) is 15.5. The van der Waals surface area contributed by atoms with Crippen molar-refractivity contribution in [3.05, 3.63) is 36.8 Å². The van der Waals surface area contributed by atoms with E-state index in [0.29, 0.717) is 0 Å². The molecule has 2 aromatic heterocycles. The van der Waals surface area contributed by atoms with Gasteiger partial charge in [0.05, 0.1) is 12.1 Å². The summed E-state index contributed by atoms with van der Waals surface area (Å²) in [5, 5.41) is 18.8. The second kappa shape index (κ2) is 8.37. The van der Waals surface area contributed by atoms with E-state index < -0.39 is 0 Å². The Morgan fingerprint density at radius 3 is 2.63 bits per heavy atom. The lowest BCUT2D eigenvalue weighted by atomic mass is 9.90. The number of carbonyl (C=O) groups excluding carboxylic acids is 1. The molecule has 0 bridgehead atoms. The standard InChI is InChI=1S/C19H27N7O/c27-19(23-16-5-1-2-6-17(16)26-12-4-11-21-26)22-15-8-13-25(14-9-15)18-7-3-10-20-24-18/h3-4,7,10-12,15-17H,1-2,5-6,8-9,13-14H2,(H2,22,23,27)/t16-,17-/m1/s1. The zero-order chi connectivity index (χ0) is 18.5. The van der Waals surface area contributed by atoms with Gasteiger partial charge in [0.25, 0.3) is 0 Å². The molecule has 2 fully saturated rings. The highest BCUT2D eigenvalue weighted by atomic mass is 16.2. The van der Waals surface area contributed by atoms with Gasteiger partial charge in [-0.3, -0.25) is 4.68 Å². The summed E-state index contributed by atoms with van der Waals surface area (Å²) >= 11 is 0. The number of piperidine rings is 1. The van der Waals surface area contributed by atoms with Gasteiger partial charge in [-0.15, -0.1) is 5.10 Å². The number of aromatic nitrogens is 4. The molecule has 3 heterocycles. The largest absolute Gasteiger partial charge is 0.355 e. The van der Waals surface area contributed by atoms with Crippen LogP contribution < -0.4 is 15.5 Å². The Morgan fingerprint density at radius 1 is 1.04 bits per heavy atom. The lowest BCUT2D eigenvalue weighted by Gasteiger charge is -2.35. The normalized spacial score (nSPS) is 23.8. The van der Waals surface area contributed by atoms with Crippen molar-refractivity contribution in [3.63, 3.8) is 0 Å². The van der Waals surface area contributed by atoms with Gasteiger partial charge in [-0.1, -0.05) is 12.8 Å². The van der Waals surface area contributed by atoms with Crippen LogP contribution in [0.4, 0.5) is 10.6 Å². The summed E-state index contributed by atoms with van der Waals surface area (Å²) in [6.45, 7) is 1.76. The van der Waals surface area contributed by atoms with Crippen LogP contribution in [0.5, 0.6) is 0 Å². The Bertz CT molecular complexity index is 713. The minimum absolute atomic E-state index is 0.0583. The first-order chi connectivity index (χ1) is 13.3. The summed E-state index contributed by atoms with van der Waals surface area (Å²) in [5.74, 6) is 0.907. The Balaban J connectivity index is 1.27. The van der Waals surface area contributed by atoms with E-state index in [0.717, 1.165) is 51.0 Å². The van der Waals surface area contributed by atoms with E-state index in [1.165, 1.54) is 6.42 Å². The van der Waals surface area contributed by atoms with Crippen molar-refractivity contribution < 1.29 is 4.79 Å². The number of nitrogens with zero attached hydrogens (tertiary/aromatic N) is 5. The van der Waals surface area contributed by atoms with Gasteiger partial charge in [0, 0.05) is 37.7 Å². The van der Waals surface area contributed by atoms with Crippen LogP contribution in [0.15, 0.2) is 36.8 Å². The average molecular weight is 369 g/mol. The number of anilines is 1. The first-order valence-electron chi connectivity index (χ1n) is 9.88. The molecule has 2 N–H and O–H groups in total. The lowest BCUT2D eigenvalue weighted by molar-refractivity contribution is 0.209. The van der Waals surface area contributed by atoms with Gasteiger partial charge in [-0.05, 0) is 43.9 Å². The van der Waals surface area contributed by atoms with Gasteiger partial charge in [0.15, 0.2) is 5.82 Å². The van der Waals surface area contributed by atoms with Crippen molar-refractivity contribution in [2.45, 2.75) is 56.7 Å². The van der Waals surface area contributed by atoms with Crippen molar-refractivity contribution in [1.82, 2.24) is 30.6 Å². The summed E-state index contributed by atoms with van der Waals surface area (Å²) in [5.41, 5.74) is 0. The molecule has 2 atom stereocenters. The highest BCUT2D eigenvalue weighted by Crippen LogP contribution is 2.28. The molecular formula is C19H27N7O. The molecule has 1 aliphatic carbocycles. The van der Waals surface area contributed by atoms with Crippen LogP contribution in [0.2, 0.25) is 0 Å². The van der Waals surface area contributed by atoms with Crippen molar-refractivity contribution in [2.24, 2.45) is 0 Å². The molecule has 1 saturated heterocycles. The van der Waals surface area contributed by atoms with E-state index in [9.17, 15) is 4.79 Å². The maximum absolute atomic E-state index is 12.6. The molecule has 2 amide bonds. The molecule has 4 rings (SSSR count). The molecule has 2 aromatic rings. The van der Waals surface area contributed by atoms with Crippen LogP contribution in [0, 0.1) is 0 Å². The fourth-order valence-corrected chi connectivity index (χ4v) is 4.18. The van der Waals surface area contributed by atoms with Gasteiger partial charge in [0.1, 0.15) is 0 Å². The topological polar surface area (TPSA) is 88.0 Å². The number of amides is 2. The van der Waals surface area contributed by atoms with E-state index in [1.807, 2.05) is 29.1 Å². The van der Waals surface area contributed by atoms with Crippen LogP contribution in [0.1, 0.15) is 44.6 Å². The van der Waals surface area contributed by atoms with Gasteiger partial charge >= 0.3 is 6.03 Å². The summed E-state index contributed by atoms with van der Waals surface area (Å²) in [4.78, 5) is 14.8. The second-order valence-electron chi connectivity index (χ2n) is 7.41. The molecule has 8 nitrogen and oxygen atoms in total. The summed E-state index contributed by atoms with van der Waals surface area (Å²) in [6.07, 6.45) is 11.7. The molecule has 2 aliphatic rings. The number of carbonyl (C=O) groups is 1. The Kier molecular flexibility index (Phi) is 5.50. The van der Waals surface area contributed by atoms with Crippen LogP contribution in [0.25, 0.3) is 0 Å². The van der Waals surface area contributed by atoms with Crippen molar-refractivity contribution in [2.75, 3.05) is 18.0 Å². The van der Waals surface area contributed by atoms with Crippen LogP contribution in [-0.2, 0) is 0 Å². The number of hydrogen-bond donors (Lipinski definition) is 2. The average Bonchev–Trinajstić information content (AvgIpc) is 3.24. The quantitative estimate of drug-likeness (QED) is 0.862. The van der Waals surface area contributed by atoms with Gasteiger partial charge in [-0.25, -0.2) is 4.79 Å². The third-order valence-electron chi connectivity index (χ3n) is 5.62. The second-order valence-corrected chi connectivity index (χ2v) is 7.41. The van der Waals surface area contributed by atoms with Crippen molar-refractivity contribution >= 4 is 11.8 Å². The lowest BCUT2D eigenvalue weighted by Crippen LogP contribution is -2.52. The molecule has 0 spiro atoms. The molecule has 0 unspecified atom stereocenters. The summed E-state index contributed by atoms with van der Waals surface area (Å²) in [7, 11) is 0. The smallest absolute Gasteiger partial charge is 0.315 e. The molecule has 1 aliphatic heterocycles. The minimum atomic E-state index is -0.0583. The predicted octanol–water partition coefficient (Wildman–Crippen LogP) is 2.12. The monoisotopic (exact) mass is 369 g/mol. The van der Waals surface area contributed by atoms with E-state index >= 15 is 0 Å². The molecule has 1 saturated carbocycles. The number of nitrogens with one attached hydrogen (secondary N) is 2. The molecule has 0 radical (unpaired) electrons. The van der Waals surface area contributed by atoms with Gasteiger partial charge in [-0.2, -0.15) is 10.2 Å². The summed E-state index contributed by atoms with van der Waals surface area (Å²) < 4.78 is 1.99. The molecule has 8 heteroatoms. The molecule has 144 valence electrons. The van der Waals surface area contributed by atoms with E-state index in [2.05, 4.69) is 30.8 Å². The minimum Gasteiger partial charge on any atom is -0.355 e. The van der Waals surface area contributed by atoms with E-state index in [-0.39, 0.29) is 24.2 Å². The molecule has 0 aromatic carbocycles. The SMILES string of the molecule is O=C(NC1CCN(c2cccnn2)CC1)N[C@@H]1CCCC[C@H]1n1cccn1. The number of urea groups is 1. The van der Waals surface area contributed by atoms with E-state index in [1.54, 1.807) is 12.4 Å². The highest BCUT2D eigenvalue weighted by molar-refractivity contribution is 5.74. The van der Waals surface area contributed by atoms with Gasteiger partial charge in [0.2, 0.25) is 0 Å². The fourth-order valence-electron chi connectivity index (χ4n) is 4.18. The first-order valence-corrected chi connectivity index (χ1v) is 9.88.